The first-order valence-corrected chi connectivity index (χ1v) is 5.44. The van der Waals surface area contributed by atoms with Crippen molar-refractivity contribution >= 4 is 5.97 Å². The lowest BCUT2D eigenvalue weighted by Gasteiger charge is -2.15. The van der Waals surface area contributed by atoms with Gasteiger partial charge in [0.05, 0.1) is 13.7 Å². The van der Waals surface area contributed by atoms with Crippen LogP contribution in [-0.2, 0) is 24.6 Å². The van der Waals surface area contributed by atoms with Gasteiger partial charge in [0.1, 0.15) is 0 Å². The normalized spacial score (nSPS) is 31.0. The zero-order valence-corrected chi connectivity index (χ0v) is 10.2. The minimum Gasteiger partial charge on any atom is -0.467 e. The number of methoxy groups -OCH3 is 2. The number of hydrogen-bond donors (Lipinski definition) is 0. The summed E-state index contributed by atoms with van der Waals surface area (Å²) in [6.45, 7) is 2.05. The summed E-state index contributed by atoms with van der Waals surface area (Å²) in [4.78, 5) is 11.8. The SMILES string of the molecule is COCC1(c2ccccc2)OC1(C)C(=O)OC. The van der Waals surface area contributed by atoms with Crippen molar-refractivity contribution in [2.45, 2.75) is 18.1 Å². The van der Waals surface area contributed by atoms with Crippen LogP contribution in [0.4, 0.5) is 0 Å². The summed E-state index contributed by atoms with van der Waals surface area (Å²) in [6, 6.07) is 9.58. The third kappa shape index (κ3) is 1.64. The molecule has 1 heterocycles. The lowest BCUT2D eigenvalue weighted by molar-refractivity contribution is -0.146. The van der Waals surface area contributed by atoms with E-state index in [0.29, 0.717) is 6.61 Å². The topological polar surface area (TPSA) is 48.1 Å². The van der Waals surface area contributed by atoms with Crippen LogP contribution in [0.1, 0.15) is 12.5 Å². The van der Waals surface area contributed by atoms with Crippen molar-refractivity contribution in [1.82, 2.24) is 0 Å². The fourth-order valence-corrected chi connectivity index (χ4v) is 2.22. The molecule has 1 aromatic carbocycles. The van der Waals surface area contributed by atoms with Gasteiger partial charge < -0.3 is 14.2 Å². The lowest BCUT2D eigenvalue weighted by Crippen LogP contribution is -2.33. The van der Waals surface area contributed by atoms with Gasteiger partial charge in [-0.05, 0) is 12.5 Å². The molecule has 4 nitrogen and oxygen atoms in total. The van der Waals surface area contributed by atoms with Gasteiger partial charge in [-0.15, -0.1) is 0 Å². The molecule has 0 radical (unpaired) electrons. The number of benzene rings is 1. The molecular weight excluding hydrogens is 220 g/mol. The molecule has 4 heteroatoms. The molecule has 2 rings (SSSR count). The van der Waals surface area contributed by atoms with Crippen molar-refractivity contribution in [2.75, 3.05) is 20.8 Å². The highest BCUT2D eigenvalue weighted by Gasteiger charge is 2.73. The summed E-state index contributed by atoms with van der Waals surface area (Å²) >= 11 is 0. The highest BCUT2D eigenvalue weighted by molar-refractivity contribution is 5.85. The molecule has 2 unspecified atom stereocenters. The molecule has 17 heavy (non-hydrogen) atoms. The summed E-state index contributed by atoms with van der Waals surface area (Å²) in [5.41, 5.74) is -0.760. The first-order valence-electron chi connectivity index (χ1n) is 5.44. The molecule has 0 aliphatic carbocycles. The van der Waals surface area contributed by atoms with Gasteiger partial charge in [-0.3, -0.25) is 0 Å². The Kier molecular flexibility index (Phi) is 2.93. The Morgan fingerprint density at radius 3 is 2.47 bits per heavy atom. The Bertz CT molecular complexity index is 417. The third-order valence-electron chi connectivity index (χ3n) is 3.27. The summed E-state index contributed by atoms with van der Waals surface area (Å²) < 4.78 is 15.6. The van der Waals surface area contributed by atoms with Gasteiger partial charge in [0.15, 0.2) is 11.2 Å². The zero-order valence-electron chi connectivity index (χ0n) is 10.2. The van der Waals surface area contributed by atoms with Crippen LogP contribution in [0.3, 0.4) is 0 Å². The molecule has 0 N–H and O–H groups in total. The minimum absolute atomic E-state index is 0.322. The van der Waals surface area contributed by atoms with E-state index in [2.05, 4.69) is 0 Å². The fraction of sp³-hybridized carbons (Fsp3) is 0.462. The molecule has 1 aromatic rings. The van der Waals surface area contributed by atoms with E-state index in [1.807, 2.05) is 30.3 Å². The maximum Gasteiger partial charge on any atom is 0.341 e. The molecule has 0 spiro atoms. The number of carbonyl (C=O) groups excluding carboxylic acids is 1. The predicted octanol–water partition coefficient (Wildman–Crippen LogP) is 1.49. The van der Waals surface area contributed by atoms with E-state index < -0.39 is 11.2 Å². The molecule has 0 bridgehead atoms. The minimum atomic E-state index is -0.959. The van der Waals surface area contributed by atoms with E-state index in [9.17, 15) is 4.79 Å². The summed E-state index contributed by atoms with van der Waals surface area (Å²) in [7, 11) is 2.95. The smallest absolute Gasteiger partial charge is 0.341 e. The van der Waals surface area contributed by atoms with Gasteiger partial charge in [0, 0.05) is 7.11 Å². The highest BCUT2D eigenvalue weighted by Crippen LogP contribution is 2.56. The van der Waals surface area contributed by atoms with Crippen LogP contribution in [-0.4, -0.2) is 32.4 Å². The third-order valence-corrected chi connectivity index (χ3v) is 3.27. The molecule has 1 fully saturated rings. The van der Waals surface area contributed by atoms with Crippen LogP contribution >= 0.6 is 0 Å². The van der Waals surface area contributed by atoms with Gasteiger partial charge in [0.2, 0.25) is 0 Å². The number of rotatable bonds is 4. The van der Waals surface area contributed by atoms with Crippen molar-refractivity contribution < 1.29 is 19.0 Å². The molecule has 1 saturated heterocycles. The summed E-state index contributed by atoms with van der Waals surface area (Å²) in [6.07, 6.45) is 0. The summed E-state index contributed by atoms with van der Waals surface area (Å²) in [5.74, 6) is -0.376. The average molecular weight is 236 g/mol. The van der Waals surface area contributed by atoms with Crippen LogP contribution in [0.2, 0.25) is 0 Å². The Hall–Kier alpha value is -1.39. The van der Waals surface area contributed by atoms with Crippen LogP contribution in [0, 0.1) is 0 Å². The van der Waals surface area contributed by atoms with Crippen LogP contribution < -0.4 is 0 Å². The highest BCUT2D eigenvalue weighted by atomic mass is 16.7. The van der Waals surface area contributed by atoms with Gasteiger partial charge in [0.25, 0.3) is 0 Å². The second-order valence-electron chi connectivity index (χ2n) is 4.25. The van der Waals surface area contributed by atoms with Gasteiger partial charge in [-0.2, -0.15) is 0 Å². The van der Waals surface area contributed by atoms with Crippen LogP contribution in [0.5, 0.6) is 0 Å². The second-order valence-corrected chi connectivity index (χ2v) is 4.25. The Balaban J connectivity index is 2.36. The van der Waals surface area contributed by atoms with Gasteiger partial charge in [-0.1, -0.05) is 30.3 Å². The predicted molar refractivity (Wildman–Crippen MR) is 61.5 cm³/mol. The average Bonchev–Trinajstić information content (AvgIpc) is 2.98. The fourth-order valence-electron chi connectivity index (χ4n) is 2.22. The first-order chi connectivity index (χ1) is 8.10. The molecule has 2 atom stereocenters. The number of ether oxygens (including phenoxy) is 3. The van der Waals surface area contributed by atoms with Crippen molar-refractivity contribution in [1.29, 1.82) is 0 Å². The quantitative estimate of drug-likeness (QED) is 0.587. The van der Waals surface area contributed by atoms with Crippen molar-refractivity contribution in [3.05, 3.63) is 35.9 Å². The number of epoxide rings is 1. The van der Waals surface area contributed by atoms with E-state index in [1.165, 1.54) is 7.11 Å². The molecule has 0 aromatic heterocycles. The van der Waals surface area contributed by atoms with Crippen molar-refractivity contribution in [2.24, 2.45) is 0 Å². The molecule has 1 aliphatic rings. The summed E-state index contributed by atoms with van der Waals surface area (Å²) in [5, 5.41) is 0. The second kappa shape index (κ2) is 4.13. The number of hydrogen-bond acceptors (Lipinski definition) is 4. The Morgan fingerprint density at radius 2 is 1.94 bits per heavy atom. The van der Waals surface area contributed by atoms with E-state index in [0.717, 1.165) is 5.56 Å². The maximum atomic E-state index is 11.8. The standard InChI is InChI=1S/C13H16O4/c1-12(11(14)16-3)13(17-12,9-15-2)10-7-5-4-6-8-10/h4-8H,9H2,1-3H3. The Labute approximate surface area is 100 Å². The van der Waals surface area contributed by atoms with Gasteiger partial charge >= 0.3 is 5.97 Å². The van der Waals surface area contributed by atoms with Crippen LogP contribution in [0.15, 0.2) is 30.3 Å². The van der Waals surface area contributed by atoms with Crippen LogP contribution in [0.25, 0.3) is 0 Å². The van der Waals surface area contributed by atoms with E-state index >= 15 is 0 Å². The molecular formula is C13H16O4. The monoisotopic (exact) mass is 236 g/mol. The maximum absolute atomic E-state index is 11.8. The first kappa shape index (κ1) is 12.1. The Morgan fingerprint density at radius 1 is 1.29 bits per heavy atom. The molecule has 1 aliphatic heterocycles. The molecule has 0 amide bonds. The number of esters is 1. The lowest BCUT2D eigenvalue weighted by atomic mass is 9.88. The van der Waals surface area contributed by atoms with Crippen molar-refractivity contribution in [3.63, 3.8) is 0 Å². The largest absolute Gasteiger partial charge is 0.467 e. The van der Waals surface area contributed by atoms with E-state index in [-0.39, 0.29) is 5.97 Å². The van der Waals surface area contributed by atoms with E-state index in [4.69, 9.17) is 14.2 Å². The zero-order chi connectivity index (χ0) is 12.5. The molecule has 92 valence electrons. The van der Waals surface area contributed by atoms with Crippen molar-refractivity contribution in [3.8, 4) is 0 Å². The molecule has 0 saturated carbocycles. The van der Waals surface area contributed by atoms with Gasteiger partial charge in [-0.25, -0.2) is 4.79 Å². The van der Waals surface area contributed by atoms with E-state index in [1.54, 1.807) is 14.0 Å². The number of carbonyl (C=O) groups is 1.